The molecule has 9 nitrogen and oxygen atoms in total. The van der Waals surface area contributed by atoms with Gasteiger partial charge in [-0.05, 0) is 45.1 Å². The first-order valence-corrected chi connectivity index (χ1v) is 9.27. The van der Waals surface area contributed by atoms with Gasteiger partial charge in [-0.25, -0.2) is 9.97 Å². The van der Waals surface area contributed by atoms with Gasteiger partial charge >= 0.3 is 6.01 Å². The van der Waals surface area contributed by atoms with E-state index in [4.69, 9.17) is 4.42 Å². The number of hydrogen-bond acceptors (Lipinski definition) is 8. The molecule has 0 aliphatic carbocycles. The summed E-state index contributed by atoms with van der Waals surface area (Å²) in [6.45, 7) is 1.88. The number of rotatable bonds is 4. The number of nitrogens with one attached hydrogen (secondary N) is 1. The number of fused-ring (bicyclic) bond motifs is 1. The van der Waals surface area contributed by atoms with Crippen molar-refractivity contribution in [2.75, 3.05) is 44.4 Å². The van der Waals surface area contributed by atoms with Crippen LogP contribution in [-0.4, -0.2) is 65.2 Å². The predicted octanol–water partition coefficient (Wildman–Crippen LogP) is 2.03. The molecule has 28 heavy (non-hydrogen) atoms. The number of hydrogen-bond donors (Lipinski definition) is 1. The quantitative estimate of drug-likeness (QED) is 0.733. The van der Waals surface area contributed by atoms with Gasteiger partial charge in [-0.15, -0.1) is 5.10 Å². The van der Waals surface area contributed by atoms with Crippen molar-refractivity contribution in [1.29, 1.82) is 0 Å². The Balaban J connectivity index is 1.54. The van der Waals surface area contributed by atoms with E-state index in [-0.39, 0.29) is 11.8 Å². The van der Waals surface area contributed by atoms with Gasteiger partial charge in [0.25, 0.3) is 5.89 Å². The summed E-state index contributed by atoms with van der Waals surface area (Å²) in [6.07, 6.45) is 3.43. The van der Waals surface area contributed by atoms with Gasteiger partial charge in [0.1, 0.15) is 11.5 Å². The molecule has 146 valence electrons. The number of likely N-dealkylation sites (tertiary alicyclic amines) is 1. The first-order valence-electron chi connectivity index (χ1n) is 9.27. The SMILES string of the molecule is CN1CCC(C(=O)Nc2cc3nc(-c4nnc(N(C)C)o4)ccc3cn2)CC1. The van der Waals surface area contributed by atoms with Crippen LogP contribution in [0.15, 0.2) is 28.8 Å². The topological polar surface area (TPSA) is 100 Å². The molecule has 1 fully saturated rings. The molecule has 1 amide bonds. The molecule has 0 unspecified atom stereocenters. The first kappa shape index (κ1) is 18.3. The average Bonchev–Trinajstić information content (AvgIpc) is 3.18. The summed E-state index contributed by atoms with van der Waals surface area (Å²) < 4.78 is 5.61. The van der Waals surface area contributed by atoms with Gasteiger partial charge in [0.05, 0.1) is 5.52 Å². The molecule has 0 saturated carbocycles. The van der Waals surface area contributed by atoms with E-state index in [1.165, 1.54) is 0 Å². The lowest BCUT2D eigenvalue weighted by molar-refractivity contribution is -0.121. The Morgan fingerprint density at radius 1 is 1.25 bits per heavy atom. The van der Waals surface area contributed by atoms with Crippen LogP contribution in [0.1, 0.15) is 12.8 Å². The average molecular weight is 381 g/mol. The minimum absolute atomic E-state index is 0.0173. The lowest BCUT2D eigenvalue weighted by Gasteiger charge is -2.27. The summed E-state index contributed by atoms with van der Waals surface area (Å²) in [5, 5.41) is 11.8. The van der Waals surface area contributed by atoms with Gasteiger partial charge in [0.15, 0.2) is 0 Å². The molecule has 1 saturated heterocycles. The Labute approximate surface area is 162 Å². The monoisotopic (exact) mass is 381 g/mol. The van der Waals surface area contributed by atoms with Crippen LogP contribution < -0.4 is 10.2 Å². The van der Waals surface area contributed by atoms with Crippen molar-refractivity contribution >= 4 is 28.6 Å². The van der Waals surface area contributed by atoms with Gasteiger partial charge in [0, 0.05) is 37.7 Å². The molecule has 1 N–H and O–H groups in total. The predicted molar refractivity (Wildman–Crippen MR) is 106 cm³/mol. The van der Waals surface area contributed by atoms with Gasteiger partial charge in [-0.1, -0.05) is 5.10 Å². The molecular formula is C19H23N7O2. The summed E-state index contributed by atoms with van der Waals surface area (Å²) in [6, 6.07) is 5.90. The number of amides is 1. The van der Waals surface area contributed by atoms with Crippen LogP contribution in [0.3, 0.4) is 0 Å². The van der Waals surface area contributed by atoms with Gasteiger partial charge < -0.3 is 19.5 Å². The molecule has 0 bridgehead atoms. The molecule has 0 aromatic carbocycles. The van der Waals surface area contributed by atoms with Crippen LogP contribution in [0.5, 0.6) is 0 Å². The minimum atomic E-state index is 0.0173. The standard InChI is InChI=1S/C19H23N7O2/c1-25(2)19-24-23-18(28-19)14-5-4-13-11-20-16(10-15(13)21-14)22-17(27)12-6-8-26(3)9-7-12/h4-5,10-12H,6-9H2,1-3H3,(H,20,22,27). The zero-order chi connectivity index (χ0) is 19.7. The highest BCUT2D eigenvalue weighted by Crippen LogP contribution is 2.24. The summed E-state index contributed by atoms with van der Waals surface area (Å²) >= 11 is 0. The van der Waals surface area contributed by atoms with Crippen LogP contribution in [-0.2, 0) is 4.79 Å². The lowest BCUT2D eigenvalue weighted by atomic mass is 9.96. The van der Waals surface area contributed by atoms with Crippen molar-refractivity contribution in [3.8, 4) is 11.6 Å². The van der Waals surface area contributed by atoms with Crippen molar-refractivity contribution in [2.45, 2.75) is 12.8 Å². The van der Waals surface area contributed by atoms with E-state index in [9.17, 15) is 4.79 Å². The van der Waals surface area contributed by atoms with Crippen molar-refractivity contribution in [1.82, 2.24) is 25.1 Å². The first-order chi connectivity index (χ1) is 13.5. The van der Waals surface area contributed by atoms with Gasteiger partial charge in [-0.3, -0.25) is 4.79 Å². The lowest BCUT2D eigenvalue weighted by Crippen LogP contribution is -2.36. The third kappa shape index (κ3) is 3.79. The van der Waals surface area contributed by atoms with Crippen molar-refractivity contribution in [2.24, 2.45) is 5.92 Å². The molecule has 3 aromatic heterocycles. The smallest absolute Gasteiger partial charge is 0.317 e. The fourth-order valence-electron chi connectivity index (χ4n) is 3.20. The molecular weight excluding hydrogens is 358 g/mol. The van der Waals surface area contributed by atoms with Crippen molar-refractivity contribution < 1.29 is 9.21 Å². The highest BCUT2D eigenvalue weighted by Gasteiger charge is 2.23. The highest BCUT2D eigenvalue weighted by atomic mass is 16.4. The minimum Gasteiger partial charge on any atom is -0.402 e. The second-order valence-electron chi connectivity index (χ2n) is 7.31. The van der Waals surface area contributed by atoms with E-state index in [0.29, 0.717) is 28.9 Å². The number of aromatic nitrogens is 4. The summed E-state index contributed by atoms with van der Waals surface area (Å²) in [4.78, 5) is 25.5. The number of pyridine rings is 2. The van der Waals surface area contributed by atoms with Crippen LogP contribution in [0.4, 0.5) is 11.8 Å². The molecule has 4 rings (SSSR count). The Morgan fingerprint density at radius 2 is 2.04 bits per heavy atom. The Bertz CT molecular complexity index is 993. The zero-order valence-electron chi connectivity index (χ0n) is 16.2. The normalized spacial score (nSPS) is 15.7. The van der Waals surface area contributed by atoms with Crippen molar-refractivity contribution in [3.05, 3.63) is 24.4 Å². The van der Waals surface area contributed by atoms with Crippen LogP contribution >= 0.6 is 0 Å². The molecule has 1 aliphatic heterocycles. The number of nitrogens with zero attached hydrogens (tertiary/aromatic N) is 6. The van der Waals surface area contributed by atoms with Crippen LogP contribution in [0.25, 0.3) is 22.5 Å². The summed E-state index contributed by atoms with van der Waals surface area (Å²) in [7, 11) is 5.74. The Kier molecular flexibility index (Phi) is 4.91. The Morgan fingerprint density at radius 3 is 2.75 bits per heavy atom. The number of piperidine rings is 1. The molecule has 0 spiro atoms. The molecule has 4 heterocycles. The summed E-state index contributed by atoms with van der Waals surface area (Å²) in [5.74, 6) is 0.888. The largest absolute Gasteiger partial charge is 0.402 e. The molecule has 0 atom stereocenters. The molecule has 1 aliphatic rings. The fraction of sp³-hybridized carbons (Fsp3) is 0.421. The van der Waals surface area contributed by atoms with Gasteiger partial charge in [-0.2, -0.15) is 0 Å². The Hall–Kier alpha value is -3.07. The van der Waals surface area contributed by atoms with E-state index in [1.54, 1.807) is 17.2 Å². The number of anilines is 2. The van der Waals surface area contributed by atoms with E-state index >= 15 is 0 Å². The zero-order valence-corrected chi connectivity index (χ0v) is 16.2. The third-order valence-electron chi connectivity index (χ3n) is 4.93. The maximum atomic E-state index is 12.5. The molecule has 0 radical (unpaired) electrons. The highest BCUT2D eigenvalue weighted by molar-refractivity contribution is 5.93. The van der Waals surface area contributed by atoms with E-state index in [1.807, 2.05) is 26.2 Å². The second kappa shape index (κ2) is 7.51. The van der Waals surface area contributed by atoms with E-state index in [2.05, 4.69) is 37.4 Å². The summed E-state index contributed by atoms with van der Waals surface area (Å²) in [5.41, 5.74) is 1.28. The van der Waals surface area contributed by atoms with E-state index in [0.717, 1.165) is 31.3 Å². The van der Waals surface area contributed by atoms with Crippen LogP contribution in [0.2, 0.25) is 0 Å². The maximum Gasteiger partial charge on any atom is 0.317 e. The van der Waals surface area contributed by atoms with Gasteiger partial charge in [0.2, 0.25) is 5.91 Å². The number of carbonyl (C=O) groups is 1. The second-order valence-corrected chi connectivity index (χ2v) is 7.31. The third-order valence-corrected chi connectivity index (χ3v) is 4.93. The number of carbonyl (C=O) groups excluding carboxylic acids is 1. The fourth-order valence-corrected chi connectivity index (χ4v) is 3.20. The van der Waals surface area contributed by atoms with Crippen molar-refractivity contribution in [3.63, 3.8) is 0 Å². The van der Waals surface area contributed by atoms with Crippen LogP contribution in [0, 0.1) is 5.92 Å². The molecule has 3 aromatic rings. The van der Waals surface area contributed by atoms with E-state index < -0.39 is 0 Å². The molecule has 9 heteroatoms. The maximum absolute atomic E-state index is 12.5.